The van der Waals surface area contributed by atoms with E-state index in [9.17, 15) is 0 Å². The molecule has 1 aromatic rings. The SMILES string of the molecule is CSc1ccc(Cl)cc1NC1CCCSC1. The largest absolute Gasteiger partial charge is 0.381 e. The van der Waals surface area contributed by atoms with Crippen LogP contribution in [0.5, 0.6) is 0 Å². The van der Waals surface area contributed by atoms with Gasteiger partial charge in [-0.3, -0.25) is 0 Å². The molecule has 1 aliphatic heterocycles. The molecule has 0 saturated carbocycles. The van der Waals surface area contributed by atoms with Gasteiger partial charge < -0.3 is 5.32 Å². The molecule has 0 spiro atoms. The third kappa shape index (κ3) is 3.25. The van der Waals surface area contributed by atoms with Crippen LogP contribution in [0.15, 0.2) is 23.1 Å². The molecular weight excluding hydrogens is 258 g/mol. The first-order chi connectivity index (χ1) is 7.79. The summed E-state index contributed by atoms with van der Waals surface area (Å²) in [5.41, 5.74) is 1.19. The molecule has 1 nitrogen and oxygen atoms in total. The zero-order valence-electron chi connectivity index (χ0n) is 9.33. The van der Waals surface area contributed by atoms with E-state index < -0.39 is 0 Å². The van der Waals surface area contributed by atoms with Crippen LogP contribution < -0.4 is 5.32 Å². The molecule has 2 rings (SSSR count). The number of rotatable bonds is 3. The molecule has 1 aromatic carbocycles. The summed E-state index contributed by atoms with van der Waals surface area (Å²) in [6.45, 7) is 0. The van der Waals surface area contributed by atoms with Gasteiger partial charge in [0.15, 0.2) is 0 Å². The first-order valence-electron chi connectivity index (χ1n) is 5.47. The van der Waals surface area contributed by atoms with Gasteiger partial charge in [0.25, 0.3) is 0 Å². The summed E-state index contributed by atoms with van der Waals surface area (Å²) in [6, 6.07) is 6.68. The Labute approximate surface area is 111 Å². The van der Waals surface area contributed by atoms with E-state index >= 15 is 0 Å². The topological polar surface area (TPSA) is 12.0 Å². The average Bonchev–Trinajstić information content (AvgIpc) is 2.31. The summed E-state index contributed by atoms with van der Waals surface area (Å²) in [7, 11) is 0. The average molecular weight is 274 g/mol. The van der Waals surface area contributed by atoms with Crippen LogP contribution in [0.25, 0.3) is 0 Å². The fourth-order valence-corrected chi connectivity index (χ4v) is 3.65. The van der Waals surface area contributed by atoms with Crippen molar-refractivity contribution in [2.24, 2.45) is 0 Å². The molecule has 1 atom stereocenters. The van der Waals surface area contributed by atoms with Crippen LogP contribution in [-0.4, -0.2) is 23.8 Å². The fraction of sp³-hybridized carbons (Fsp3) is 0.500. The van der Waals surface area contributed by atoms with E-state index in [0.29, 0.717) is 6.04 Å². The van der Waals surface area contributed by atoms with Gasteiger partial charge in [-0.2, -0.15) is 11.8 Å². The van der Waals surface area contributed by atoms with Crippen LogP contribution in [0.4, 0.5) is 5.69 Å². The van der Waals surface area contributed by atoms with Crippen LogP contribution in [-0.2, 0) is 0 Å². The lowest BCUT2D eigenvalue weighted by atomic mass is 10.1. The number of hydrogen-bond acceptors (Lipinski definition) is 3. The van der Waals surface area contributed by atoms with E-state index in [2.05, 4.69) is 17.6 Å². The standard InChI is InChI=1S/C12H16ClNS2/c1-15-12-5-4-9(13)7-11(12)14-10-3-2-6-16-8-10/h4-5,7,10,14H,2-3,6,8H2,1H3. The maximum atomic E-state index is 6.04. The number of anilines is 1. The minimum atomic E-state index is 0.600. The molecule has 4 heteroatoms. The van der Waals surface area contributed by atoms with Gasteiger partial charge in [0.05, 0.1) is 0 Å². The fourth-order valence-electron chi connectivity index (χ4n) is 1.87. The van der Waals surface area contributed by atoms with Crippen LogP contribution in [0.2, 0.25) is 5.02 Å². The molecule has 0 aromatic heterocycles. The Hall–Kier alpha value is 0.01000. The molecule has 0 amide bonds. The van der Waals surface area contributed by atoms with Crippen molar-refractivity contribution in [3.05, 3.63) is 23.2 Å². The molecule has 1 aliphatic rings. The van der Waals surface area contributed by atoms with Crippen molar-refractivity contribution in [3.63, 3.8) is 0 Å². The summed E-state index contributed by atoms with van der Waals surface area (Å²) in [5, 5.41) is 4.42. The second-order valence-electron chi connectivity index (χ2n) is 3.90. The van der Waals surface area contributed by atoms with Crippen molar-refractivity contribution in [1.82, 2.24) is 0 Å². The van der Waals surface area contributed by atoms with E-state index in [1.165, 1.54) is 34.9 Å². The maximum Gasteiger partial charge on any atom is 0.0495 e. The quantitative estimate of drug-likeness (QED) is 0.822. The second-order valence-corrected chi connectivity index (χ2v) is 6.34. The highest BCUT2D eigenvalue weighted by atomic mass is 35.5. The summed E-state index contributed by atoms with van der Waals surface area (Å²) >= 11 is 9.84. The van der Waals surface area contributed by atoms with Crippen molar-refractivity contribution in [2.75, 3.05) is 23.1 Å². The highest BCUT2D eigenvalue weighted by Crippen LogP contribution is 2.30. The van der Waals surface area contributed by atoms with Crippen molar-refractivity contribution >= 4 is 40.8 Å². The minimum absolute atomic E-state index is 0.600. The first kappa shape index (κ1) is 12.5. The molecule has 88 valence electrons. The number of hydrogen-bond donors (Lipinski definition) is 1. The molecule has 0 aliphatic carbocycles. The molecule has 0 radical (unpaired) electrons. The Morgan fingerprint density at radius 2 is 2.38 bits per heavy atom. The van der Waals surface area contributed by atoms with E-state index in [1.807, 2.05) is 23.9 Å². The molecule has 1 N–H and O–H groups in total. The molecule has 0 bridgehead atoms. The predicted molar refractivity (Wildman–Crippen MR) is 77.2 cm³/mol. The number of thioether (sulfide) groups is 2. The van der Waals surface area contributed by atoms with Gasteiger partial charge in [-0.05, 0) is 43.0 Å². The third-order valence-corrected chi connectivity index (χ3v) is 4.93. The number of benzene rings is 1. The third-order valence-electron chi connectivity index (χ3n) is 2.68. The van der Waals surface area contributed by atoms with Crippen LogP contribution in [0.1, 0.15) is 12.8 Å². The van der Waals surface area contributed by atoms with Crippen LogP contribution in [0, 0.1) is 0 Å². The lowest BCUT2D eigenvalue weighted by molar-refractivity contribution is 0.683. The highest BCUT2D eigenvalue weighted by Gasteiger charge is 2.14. The van der Waals surface area contributed by atoms with Gasteiger partial charge in [0.1, 0.15) is 0 Å². The van der Waals surface area contributed by atoms with E-state index in [4.69, 9.17) is 11.6 Å². The molecule has 1 heterocycles. The molecule has 1 fully saturated rings. The van der Waals surface area contributed by atoms with Crippen molar-refractivity contribution in [2.45, 2.75) is 23.8 Å². The molecule has 1 saturated heterocycles. The predicted octanol–water partition coefficient (Wildman–Crippen LogP) is 4.37. The Kier molecular flexibility index (Phi) is 4.74. The molecule has 16 heavy (non-hydrogen) atoms. The van der Waals surface area contributed by atoms with Gasteiger partial charge >= 0.3 is 0 Å². The van der Waals surface area contributed by atoms with Gasteiger partial charge in [-0.25, -0.2) is 0 Å². The zero-order chi connectivity index (χ0) is 11.4. The van der Waals surface area contributed by atoms with Gasteiger partial charge in [-0.1, -0.05) is 11.6 Å². The van der Waals surface area contributed by atoms with Gasteiger partial charge in [0.2, 0.25) is 0 Å². The Morgan fingerprint density at radius 3 is 3.06 bits per heavy atom. The zero-order valence-corrected chi connectivity index (χ0v) is 11.7. The Bertz CT molecular complexity index is 351. The lowest BCUT2D eigenvalue weighted by Crippen LogP contribution is -2.25. The Balaban J connectivity index is 2.09. The van der Waals surface area contributed by atoms with Crippen LogP contribution >= 0.6 is 35.1 Å². The summed E-state index contributed by atoms with van der Waals surface area (Å²) < 4.78 is 0. The Morgan fingerprint density at radius 1 is 1.50 bits per heavy atom. The van der Waals surface area contributed by atoms with E-state index in [0.717, 1.165) is 5.02 Å². The second kappa shape index (κ2) is 6.08. The molecule has 1 unspecified atom stereocenters. The van der Waals surface area contributed by atoms with E-state index in [1.54, 1.807) is 11.8 Å². The monoisotopic (exact) mass is 273 g/mol. The first-order valence-corrected chi connectivity index (χ1v) is 8.23. The lowest BCUT2D eigenvalue weighted by Gasteiger charge is -2.24. The summed E-state index contributed by atoms with van der Waals surface area (Å²) in [5.74, 6) is 2.52. The number of halogens is 1. The normalized spacial score (nSPS) is 20.8. The van der Waals surface area contributed by atoms with Crippen molar-refractivity contribution < 1.29 is 0 Å². The van der Waals surface area contributed by atoms with E-state index in [-0.39, 0.29) is 0 Å². The van der Waals surface area contributed by atoms with Crippen molar-refractivity contribution in [1.29, 1.82) is 0 Å². The van der Waals surface area contributed by atoms with Crippen LogP contribution in [0.3, 0.4) is 0 Å². The number of nitrogens with one attached hydrogen (secondary N) is 1. The smallest absolute Gasteiger partial charge is 0.0495 e. The molecular formula is C12H16ClNS2. The van der Waals surface area contributed by atoms with Gasteiger partial charge in [0, 0.05) is 27.4 Å². The maximum absolute atomic E-state index is 6.04. The highest BCUT2D eigenvalue weighted by molar-refractivity contribution is 7.99. The minimum Gasteiger partial charge on any atom is -0.381 e. The summed E-state index contributed by atoms with van der Waals surface area (Å²) in [4.78, 5) is 1.28. The summed E-state index contributed by atoms with van der Waals surface area (Å²) in [6.07, 6.45) is 4.69. The van der Waals surface area contributed by atoms with Gasteiger partial charge in [-0.15, -0.1) is 11.8 Å². The van der Waals surface area contributed by atoms with Crippen molar-refractivity contribution in [3.8, 4) is 0 Å².